The predicted octanol–water partition coefficient (Wildman–Crippen LogP) is 1.43. The first-order chi connectivity index (χ1) is 7.68. The lowest BCUT2D eigenvalue weighted by atomic mass is 10.1. The van der Waals surface area contributed by atoms with E-state index in [0.29, 0.717) is 24.3 Å². The second-order valence-corrected chi connectivity index (χ2v) is 3.78. The maximum Gasteiger partial charge on any atom is 0.347 e. The maximum absolute atomic E-state index is 11.3. The van der Waals surface area contributed by atoms with Crippen LogP contribution in [0.4, 0.5) is 0 Å². The van der Waals surface area contributed by atoms with Gasteiger partial charge < -0.3 is 14.6 Å². The molecule has 2 unspecified atom stereocenters. The maximum atomic E-state index is 11.3. The van der Waals surface area contributed by atoms with Crippen LogP contribution in [0, 0.1) is 0 Å². The second-order valence-electron chi connectivity index (χ2n) is 3.78. The summed E-state index contributed by atoms with van der Waals surface area (Å²) in [6.07, 6.45) is -0.596. The number of benzene rings is 1. The third kappa shape index (κ3) is 2.17. The van der Waals surface area contributed by atoms with Crippen molar-refractivity contribution in [1.82, 2.24) is 0 Å². The van der Waals surface area contributed by atoms with Gasteiger partial charge in [0.05, 0.1) is 12.7 Å². The van der Waals surface area contributed by atoms with Crippen LogP contribution in [0.5, 0.6) is 5.75 Å². The first-order valence-corrected chi connectivity index (χ1v) is 5.29. The molecule has 1 N–H and O–H groups in total. The average molecular weight is 222 g/mol. The molecule has 1 aliphatic rings. The number of para-hydroxylation sites is 1. The van der Waals surface area contributed by atoms with E-state index >= 15 is 0 Å². The van der Waals surface area contributed by atoms with Crippen molar-refractivity contribution in [2.75, 3.05) is 6.61 Å². The fourth-order valence-electron chi connectivity index (χ4n) is 1.67. The second kappa shape index (κ2) is 4.53. The summed E-state index contributed by atoms with van der Waals surface area (Å²) in [5, 5.41) is 9.55. The zero-order chi connectivity index (χ0) is 11.5. The molecule has 86 valence electrons. The molecule has 4 nitrogen and oxygen atoms in total. The number of carbonyl (C=O) groups excluding carboxylic acids is 1. The van der Waals surface area contributed by atoms with Crippen LogP contribution in [0.1, 0.15) is 25.0 Å². The van der Waals surface area contributed by atoms with Crippen molar-refractivity contribution in [1.29, 1.82) is 0 Å². The number of carbonyl (C=O) groups is 1. The van der Waals surface area contributed by atoms with E-state index in [2.05, 4.69) is 0 Å². The lowest BCUT2D eigenvalue weighted by Gasteiger charge is -2.15. The van der Waals surface area contributed by atoms with E-state index in [1.165, 1.54) is 0 Å². The number of hydrogen-bond donors (Lipinski definition) is 1. The van der Waals surface area contributed by atoms with E-state index in [4.69, 9.17) is 9.47 Å². The average Bonchev–Trinajstić information content (AvgIpc) is 2.65. The minimum absolute atomic E-state index is 0.333. The Morgan fingerprint density at radius 2 is 2.25 bits per heavy atom. The Balaban J connectivity index is 2.17. The molecule has 2 rings (SSSR count). The number of aliphatic hydroxyl groups excluding tert-OH is 1. The summed E-state index contributed by atoms with van der Waals surface area (Å²) in [5.74, 6) is 0.210. The van der Waals surface area contributed by atoms with E-state index < -0.39 is 12.2 Å². The third-order valence-electron chi connectivity index (χ3n) is 2.53. The summed E-state index contributed by atoms with van der Waals surface area (Å²) in [4.78, 5) is 11.3. The van der Waals surface area contributed by atoms with Crippen molar-refractivity contribution in [3.8, 4) is 5.75 Å². The van der Waals surface area contributed by atoms with Crippen LogP contribution in [0.15, 0.2) is 24.3 Å². The minimum atomic E-state index is -0.617. The zero-order valence-corrected chi connectivity index (χ0v) is 9.05. The quantitative estimate of drug-likeness (QED) is 0.786. The van der Waals surface area contributed by atoms with Crippen LogP contribution in [-0.4, -0.2) is 23.8 Å². The SMILES string of the molecule is CC(O)c1ccccc1OC1CCOC1=O. The van der Waals surface area contributed by atoms with E-state index in [1.54, 1.807) is 19.1 Å². The first-order valence-electron chi connectivity index (χ1n) is 5.29. The molecule has 0 bridgehead atoms. The van der Waals surface area contributed by atoms with Crippen molar-refractivity contribution in [2.24, 2.45) is 0 Å². The number of cyclic esters (lactones) is 1. The van der Waals surface area contributed by atoms with Gasteiger partial charge in [-0.15, -0.1) is 0 Å². The summed E-state index contributed by atoms with van der Waals surface area (Å²) >= 11 is 0. The van der Waals surface area contributed by atoms with Gasteiger partial charge in [0.2, 0.25) is 0 Å². The van der Waals surface area contributed by atoms with Crippen LogP contribution in [0.2, 0.25) is 0 Å². The summed E-state index contributed by atoms with van der Waals surface area (Å²) in [6.45, 7) is 2.06. The van der Waals surface area contributed by atoms with Gasteiger partial charge >= 0.3 is 5.97 Å². The van der Waals surface area contributed by atoms with Crippen LogP contribution in [0.3, 0.4) is 0 Å². The highest BCUT2D eigenvalue weighted by Gasteiger charge is 2.29. The number of esters is 1. The molecule has 0 saturated carbocycles. The van der Waals surface area contributed by atoms with Gasteiger partial charge in [-0.1, -0.05) is 18.2 Å². The topological polar surface area (TPSA) is 55.8 Å². The minimum Gasteiger partial charge on any atom is -0.478 e. The van der Waals surface area contributed by atoms with Gasteiger partial charge in [-0.05, 0) is 13.0 Å². The number of aliphatic hydroxyl groups is 1. The lowest BCUT2D eigenvalue weighted by molar-refractivity contribution is -0.143. The van der Waals surface area contributed by atoms with E-state index in [-0.39, 0.29) is 5.97 Å². The van der Waals surface area contributed by atoms with Crippen LogP contribution in [-0.2, 0) is 9.53 Å². The van der Waals surface area contributed by atoms with Crippen molar-refractivity contribution in [3.05, 3.63) is 29.8 Å². The van der Waals surface area contributed by atoms with E-state index in [1.807, 2.05) is 12.1 Å². The Labute approximate surface area is 93.8 Å². The Morgan fingerprint density at radius 1 is 1.50 bits per heavy atom. The standard InChI is InChI=1S/C12H14O4/c1-8(13)9-4-2-3-5-10(9)16-11-6-7-15-12(11)14/h2-5,8,11,13H,6-7H2,1H3. The fraction of sp³-hybridized carbons (Fsp3) is 0.417. The fourth-order valence-corrected chi connectivity index (χ4v) is 1.67. The van der Waals surface area contributed by atoms with Crippen molar-refractivity contribution < 1.29 is 19.4 Å². The summed E-state index contributed by atoms with van der Waals surface area (Å²) in [6, 6.07) is 7.15. The van der Waals surface area contributed by atoms with E-state index in [0.717, 1.165) is 0 Å². The monoisotopic (exact) mass is 222 g/mol. The van der Waals surface area contributed by atoms with Crippen molar-refractivity contribution in [2.45, 2.75) is 25.6 Å². The molecule has 1 aliphatic heterocycles. The van der Waals surface area contributed by atoms with Crippen molar-refractivity contribution >= 4 is 5.97 Å². The van der Waals surface area contributed by atoms with Gasteiger partial charge in [0, 0.05) is 12.0 Å². The summed E-state index contributed by atoms with van der Waals surface area (Å²) in [7, 11) is 0. The Bertz CT molecular complexity index is 386. The molecule has 2 atom stereocenters. The molecule has 1 aromatic rings. The summed E-state index contributed by atoms with van der Waals surface area (Å²) < 4.78 is 10.4. The van der Waals surface area contributed by atoms with Gasteiger partial charge in [-0.3, -0.25) is 0 Å². The molecule has 0 aliphatic carbocycles. The lowest BCUT2D eigenvalue weighted by Crippen LogP contribution is -2.22. The van der Waals surface area contributed by atoms with E-state index in [9.17, 15) is 9.90 Å². The van der Waals surface area contributed by atoms with Crippen LogP contribution < -0.4 is 4.74 Å². The third-order valence-corrected chi connectivity index (χ3v) is 2.53. The molecule has 4 heteroatoms. The largest absolute Gasteiger partial charge is 0.478 e. The van der Waals surface area contributed by atoms with Crippen molar-refractivity contribution in [3.63, 3.8) is 0 Å². The predicted molar refractivity (Wildman–Crippen MR) is 57.1 cm³/mol. The molecular weight excluding hydrogens is 208 g/mol. The van der Waals surface area contributed by atoms with Gasteiger partial charge in [0.1, 0.15) is 5.75 Å². The van der Waals surface area contributed by atoms with Gasteiger partial charge in [0.15, 0.2) is 6.10 Å². The number of ether oxygens (including phenoxy) is 2. The molecule has 0 spiro atoms. The molecular formula is C12H14O4. The van der Waals surface area contributed by atoms with Gasteiger partial charge in [-0.2, -0.15) is 0 Å². The Hall–Kier alpha value is -1.55. The molecule has 0 amide bonds. The number of hydrogen-bond acceptors (Lipinski definition) is 4. The highest BCUT2D eigenvalue weighted by molar-refractivity contribution is 5.76. The normalized spacial score (nSPS) is 21.6. The molecule has 16 heavy (non-hydrogen) atoms. The van der Waals surface area contributed by atoms with Crippen LogP contribution in [0.25, 0.3) is 0 Å². The molecule has 1 heterocycles. The zero-order valence-electron chi connectivity index (χ0n) is 9.05. The summed E-state index contributed by atoms with van der Waals surface area (Å²) in [5.41, 5.74) is 0.683. The van der Waals surface area contributed by atoms with Gasteiger partial charge in [0.25, 0.3) is 0 Å². The highest BCUT2D eigenvalue weighted by atomic mass is 16.6. The smallest absolute Gasteiger partial charge is 0.347 e. The molecule has 1 fully saturated rings. The van der Waals surface area contributed by atoms with Crippen LogP contribution >= 0.6 is 0 Å². The highest BCUT2D eigenvalue weighted by Crippen LogP contribution is 2.27. The molecule has 1 aromatic carbocycles. The Morgan fingerprint density at radius 3 is 2.88 bits per heavy atom. The first kappa shape index (κ1) is 11.0. The Kier molecular flexibility index (Phi) is 3.10. The molecule has 0 aromatic heterocycles. The van der Waals surface area contributed by atoms with Gasteiger partial charge in [-0.25, -0.2) is 4.79 Å². The molecule has 0 radical (unpaired) electrons. The number of rotatable bonds is 3. The molecule has 1 saturated heterocycles.